The topological polar surface area (TPSA) is 64.6 Å². The van der Waals surface area contributed by atoms with Gasteiger partial charge in [-0.3, -0.25) is 4.79 Å². The number of hydrogen-bond donors (Lipinski definition) is 1. The van der Waals surface area contributed by atoms with Gasteiger partial charge < -0.3 is 14.8 Å². The molecule has 1 fully saturated rings. The Labute approximate surface area is 154 Å². The summed E-state index contributed by atoms with van der Waals surface area (Å²) in [5.41, 5.74) is 1.30. The summed E-state index contributed by atoms with van der Waals surface area (Å²) >= 11 is 3.42. The molecule has 2 aromatic rings. The Balaban J connectivity index is 1.69. The molecule has 0 radical (unpaired) electrons. The highest BCUT2D eigenvalue weighted by Crippen LogP contribution is 2.45. The minimum atomic E-state index is -0.470. The van der Waals surface area contributed by atoms with Crippen LogP contribution < -0.4 is 10.1 Å². The number of hydrogen-bond acceptors (Lipinski definition) is 4. The number of esters is 1. The van der Waals surface area contributed by atoms with Crippen LogP contribution >= 0.6 is 15.9 Å². The maximum absolute atomic E-state index is 12.6. The molecule has 2 aromatic carbocycles. The summed E-state index contributed by atoms with van der Waals surface area (Å²) in [4.78, 5) is 23.8. The number of methoxy groups -OCH3 is 1. The van der Waals surface area contributed by atoms with Gasteiger partial charge in [-0.2, -0.15) is 0 Å². The fourth-order valence-electron chi connectivity index (χ4n) is 2.60. The molecule has 0 unspecified atom stereocenters. The van der Waals surface area contributed by atoms with E-state index in [0.717, 1.165) is 22.9 Å². The van der Waals surface area contributed by atoms with Gasteiger partial charge in [0.25, 0.3) is 5.91 Å². The van der Waals surface area contributed by atoms with Crippen LogP contribution in [0.15, 0.2) is 53.0 Å². The number of carbonyl (C=O) groups excluding carboxylic acids is 2. The van der Waals surface area contributed by atoms with Crippen molar-refractivity contribution in [1.29, 1.82) is 0 Å². The minimum Gasteiger partial charge on any atom is -0.482 e. The largest absolute Gasteiger partial charge is 0.482 e. The average molecular weight is 404 g/mol. The van der Waals surface area contributed by atoms with E-state index in [1.165, 1.54) is 7.11 Å². The Kier molecular flexibility index (Phi) is 5.08. The standard InChI is InChI=1S/C19H18BrNO4/c1-24-17(22)12-25-16-4-2-3-13(11-16)18(23)21-19(9-10-19)14-5-7-15(20)8-6-14/h2-8,11H,9-10,12H2,1H3,(H,21,23). The van der Waals surface area contributed by atoms with E-state index in [1.54, 1.807) is 24.3 Å². The van der Waals surface area contributed by atoms with Crippen molar-refractivity contribution in [3.05, 3.63) is 64.1 Å². The van der Waals surface area contributed by atoms with Gasteiger partial charge in [0.05, 0.1) is 12.6 Å². The molecule has 1 aliphatic carbocycles. The number of ether oxygens (including phenoxy) is 2. The molecule has 0 bridgehead atoms. The van der Waals surface area contributed by atoms with Crippen molar-refractivity contribution in [3.8, 4) is 5.75 Å². The number of nitrogens with one attached hydrogen (secondary N) is 1. The van der Waals surface area contributed by atoms with Crippen LogP contribution in [0.25, 0.3) is 0 Å². The van der Waals surface area contributed by atoms with Crippen molar-refractivity contribution in [2.75, 3.05) is 13.7 Å². The normalized spacial score (nSPS) is 14.5. The van der Waals surface area contributed by atoms with E-state index in [4.69, 9.17) is 4.74 Å². The summed E-state index contributed by atoms with van der Waals surface area (Å²) in [5, 5.41) is 3.12. The van der Waals surface area contributed by atoms with Crippen molar-refractivity contribution >= 4 is 27.8 Å². The van der Waals surface area contributed by atoms with Crippen LogP contribution in [0.4, 0.5) is 0 Å². The molecule has 25 heavy (non-hydrogen) atoms. The number of benzene rings is 2. The Morgan fingerprint density at radius 1 is 1.16 bits per heavy atom. The van der Waals surface area contributed by atoms with Gasteiger partial charge in [0.15, 0.2) is 6.61 Å². The van der Waals surface area contributed by atoms with Crippen LogP contribution in [0.2, 0.25) is 0 Å². The molecule has 0 spiro atoms. The van der Waals surface area contributed by atoms with Crippen LogP contribution in [0.1, 0.15) is 28.8 Å². The van der Waals surface area contributed by atoms with Crippen molar-refractivity contribution in [1.82, 2.24) is 5.32 Å². The fraction of sp³-hybridized carbons (Fsp3) is 0.263. The lowest BCUT2D eigenvalue weighted by Crippen LogP contribution is -2.34. The summed E-state index contributed by atoms with van der Waals surface area (Å²) in [6, 6.07) is 14.8. The van der Waals surface area contributed by atoms with Gasteiger partial charge >= 0.3 is 5.97 Å². The second kappa shape index (κ2) is 7.27. The second-order valence-corrected chi connectivity index (χ2v) is 6.85. The first-order valence-electron chi connectivity index (χ1n) is 7.91. The molecule has 0 heterocycles. The third-order valence-corrected chi connectivity index (χ3v) is 4.71. The number of carbonyl (C=O) groups is 2. The van der Waals surface area contributed by atoms with Crippen molar-refractivity contribution in [2.45, 2.75) is 18.4 Å². The van der Waals surface area contributed by atoms with Crippen molar-refractivity contribution in [3.63, 3.8) is 0 Å². The molecule has 0 aliphatic heterocycles. The van der Waals surface area contributed by atoms with E-state index in [-0.39, 0.29) is 18.1 Å². The summed E-state index contributed by atoms with van der Waals surface area (Å²) < 4.78 is 10.9. The van der Waals surface area contributed by atoms with E-state index in [2.05, 4.69) is 26.0 Å². The van der Waals surface area contributed by atoms with Gasteiger partial charge in [0, 0.05) is 10.0 Å². The van der Waals surface area contributed by atoms with Gasteiger partial charge in [-0.25, -0.2) is 4.79 Å². The molecule has 3 rings (SSSR count). The Morgan fingerprint density at radius 2 is 1.88 bits per heavy atom. The minimum absolute atomic E-state index is 0.163. The monoisotopic (exact) mass is 403 g/mol. The van der Waals surface area contributed by atoms with Gasteiger partial charge in [-0.05, 0) is 48.7 Å². The molecule has 1 N–H and O–H groups in total. The third-order valence-electron chi connectivity index (χ3n) is 4.18. The van der Waals surface area contributed by atoms with Gasteiger partial charge in [0.2, 0.25) is 0 Å². The molecule has 6 heteroatoms. The van der Waals surface area contributed by atoms with Crippen LogP contribution in [0.3, 0.4) is 0 Å². The maximum atomic E-state index is 12.6. The molecule has 130 valence electrons. The second-order valence-electron chi connectivity index (χ2n) is 5.94. The first kappa shape index (κ1) is 17.5. The molecular weight excluding hydrogens is 386 g/mol. The predicted molar refractivity (Wildman–Crippen MR) is 96.5 cm³/mol. The fourth-order valence-corrected chi connectivity index (χ4v) is 2.86. The van der Waals surface area contributed by atoms with E-state index in [9.17, 15) is 9.59 Å². The zero-order valence-corrected chi connectivity index (χ0v) is 15.3. The van der Waals surface area contributed by atoms with E-state index < -0.39 is 5.97 Å². The molecule has 1 saturated carbocycles. The molecule has 0 aromatic heterocycles. The predicted octanol–water partition coefficient (Wildman–Crippen LogP) is 3.42. The van der Waals surface area contributed by atoms with Crippen molar-refractivity contribution < 1.29 is 19.1 Å². The highest BCUT2D eigenvalue weighted by atomic mass is 79.9. The molecule has 0 atom stereocenters. The average Bonchev–Trinajstić information content (AvgIpc) is 3.41. The van der Waals surface area contributed by atoms with Gasteiger partial charge in [0.1, 0.15) is 5.75 Å². The van der Waals surface area contributed by atoms with E-state index >= 15 is 0 Å². The lowest BCUT2D eigenvalue weighted by Gasteiger charge is -2.18. The first-order chi connectivity index (χ1) is 12.0. The third kappa shape index (κ3) is 4.20. The molecule has 1 aliphatic rings. The van der Waals surface area contributed by atoms with Crippen LogP contribution in [0, 0.1) is 0 Å². The first-order valence-corrected chi connectivity index (χ1v) is 8.70. The van der Waals surface area contributed by atoms with Gasteiger partial charge in [-0.15, -0.1) is 0 Å². The summed E-state index contributed by atoms with van der Waals surface area (Å²) in [6.45, 7) is -0.190. The lowest BCUT2D eigenvalue weighted by atomic mass is 10.0. The van der Waals surface area contributed by atoms with Crippen LogP contribution in [-0.2, 0) is 15.1 Å². The lowest BCUT2D eigenvalue weighted by molar-refractivity contribution is -0.142. The highest BCUT2D eigenvalue weighted by molar-refractivity contribution is 9.10. The SMILES string of the molecule is COC(=O)COc1cccc(C(=O)NC2(c3ccc(Br)cc3)CC2)c1. The Bertz CT molecular complexity index is 784. The number of halogens is 1. The summed E-state index contributed by atoms with van der Waals surface area (Å²) in [7, 11) is 1.30. The van der Waals surface area contributed by atoms with E-state index in [0.29, 0.717) is 11.3 Å². The van der Waals surface area contributed by atoms with Crippen LogP contribution in [0.5, 0.6) is 5.75 Å². The smallest absolute Gasteiger partial charge is 0.343 e. The van der Waals surface area contributed by atoms with Crippen molar-refractivity contribution in [2.24, 2.45) is 0 Å². The molecule has 0 saturated heterocycles. The van der Waals surface area contributed by atoms with E-state index in [1.807, 2.05) is 24.3 Å². The zero-order chi connectivity index (χ0) is 17.9. The number of rotatable bonds is 6. The Morgan fingerprint density at radius 3 is 2.52 bits per heavy atom. The molecule has 5 nitrogen and oxygen atoms in total. The number of amides is 1. The zero-order valence-electron chi connectivity index (χ0n) is 13.8. The Hall–Kier alpha value is -2.34. The molecule has 1 amide bonds. The maximum Gasteiger partial charge on any atom is 0.343 e. The molecular formula is C19H18BrNO4. The summed E-state index contributed by atoms with van der Waals surface area (Å²) in [5.74, 6) is -0.183. The van der Waals surface area contributed by atoms with Gasteiger partial charge in [-0.1, -0.05) is 34.1 Å². The highest BCUT2D eigenvalue weighted by Gasteiger charge is 2.45. The van der Waals surface area contributed by atoms with Crippen LogP contribution in [-0.4, -0.2) is 25.6 Å². The quantitative estimate of drug-likeness (QED) is 0.750. The summed E-state index contributed by atoms with van der Waals surface area (Å²) in [6.07, 6.45) is 1.83.